The minimum atomic E-state index is -0.537. The molecule has 6 fully saturated rings. The quantitative estimate of drug-likeness (QED) is 0.549. The van der Waals surface area contributed by atoms with Gasteiger partial charge < -0.3 is 14.9 Å². The number of fused-ring (bicyclic) bond motifs is 1. The number of likely N-dealkylation sites (tertiary alicyclic amines) is 1. The fraction of sp³-hybridized carbons (Fsp3) is 0.875. The molecule has 7 bridgehead atoms. The lowest BCUT2D eigenvalue weighted by molar-refractivity contribution is -0.228. The first-order valence-electron chi connectivity index (χ1n) is 11.7. The third-order valence-electron chi connectivity index (χ3n) is 10.8. The molecule has 5 heteroatoms. The van der Waals surface area contributed by atoms with Crippen LogP contribution in [0.25, 0.3) is 0 Å². The van der Waals surface area contributed by atoms with Crippen molar-refractivity contribution < 1.29 is 19.7 Å². The van der Waals surface area contributed by atoms with E-state index in [9.17, 15) is 15.0 Å². The topological polar surface area (TPSA) is 70.0 Å². The Kier molecular flexibility index (Phi) is 3.55. The van der Waals surface area contributed by atoms with Gasteiger partial charge in [0, 0.05) is 36.3 Å². The van der Waals surface area contributed by atoms with E-state index in [2.05, 4.69) is 25.3 Å². The SMILES string of the molecule is C=C1[C@@H](O)[C@]23C[C@@H]1[C@@H](O)C[C@H]2[C@@]12C4[C@@H]3C[C@@H]1[C@@](C)(CC[C@@H]2OC(C)=O)CN4CC. The van der Waals surface area contributed by atoms with Gasteiger partial charge in [-0.15, -0.1) is 0 Å². The molecule has 1 saturated heterocycles. The van der Waals surface area contributed by atoms with Crippen molar-refractivity contribution in [3.05, 3.63) is 12.2 Å². The Morgan fingerprint density at radius 3 is 2.76 bits per heavy atom. The van der Waals surface area contributed by atoms with Crippen LogP contribution in [-0.4, -0.2) is 58.5 Å². The van der Waals surface area contributed by atoms with Crippen molar-refractivity contribution in [2.45, 2.75) is 77.2 Å². The van der Waals surface area contributed by atoms with E-state index in [0.29, 0.717) is 17.9 Å². The Labute approximate surface area is 173 Å². The minimum absolute atomic E-state index is 0.0223. The number of piperidine rings is 1. The molecule has 29 heavy (non-hydrogen) atoms. The van der Waals surface area contributed by atoms with Crippen LogP contribution in [0, 0.1) is 39.9 Å². The van der Waals surface area contributed by atoms with Gasteiger partial charge in [0.05, 0.1) is 12.2 Å². The predicted octanol–water partition coefficient (Wildman–Crippen LogP) is 2.36. The Bertz CT molecular complexity index is 798. The van der Waals surface area contributed by atoms with Gasteiger partial charge in [-0.05, 0) is 67.4 Å². The number of aliphatic hydroxyl groups is 2. The van der Waals surface area contributed by atoms with Crippen LogP contribution in [0.1, 0.15) is 52.9 Å². The van der Waals surface area contributed by atoms with E-state index in [4.69, 9.17) is 4.74 Å². The number of hydrogen-bond acceptors (Lipinski definition) is 5. The molecule has 0 radical (unpaired) electrons. The van der Waals surface area contributed by atoms with Gasteiger partial charge in [0.2, 0.25) is 0 Å². The number of carbonyl (C=O) groups is 1. The molecule has 5 saturated carbocycles. The second-order valence-electron chi connectivity index (χ2n) is 11.4. The molecule has 11 atom stereocenters. The highest BCUT2D eigenvalue weighted by Gasteiger charge is 2.85. The lowest BCUT2D eigenvalue weighted by Crippen LogP contribution is -2.69. The third kappa shape index (κ3) is 1.81. The highest BCUT2D eigenvalue weighted by molar-refractivity contribution is 5.66. The number of carbonyl (C=O) groups excluding carboxylic acids is 1. The van der Waals surface area contributed by atoms with E-state index in [-0.39, 0.29) is 40.2 Å². The molecule has 1 heterocycles. The molecule has 6 aliphatic rings. The van der Waals surface area contributed by atoms with Crippen LogP contribution in [0.15, 0.2) is 12.2 Å². The van der Waals surface area contributed by atoms with Crippen molar-refractivity contribution in [2.75, 3.05) is 13.1 Å². The van der Waals surface area contributed by atoms with Gasteiger partial charge in [-0.1, -0.05) is 20.4 Å². The van der Waals surface area contributed by atoms with Gasteiger partial charge in [-0.25, -0.2) is 0 Å². The van der Waals surface area contributed by atoms with E-state index >= 15 is 0 Å². The largest absolute Gasteiger partial charge is 0.462 e. The molecule has 5 nitrogen and oxygen atoms in total. The fourth-order valence-corrected chi connectivity index (χ4v) is 10.3. The summed E-state index contributed by atoms with van der Waals surface area (Å²) in [6, 6.07) is 0.340. The molecule has 0 aromatic heterocycles. The Balaban J connectivity index is 1.59. The third-order valence-corrected chi connectivity index (χ3v) is 10.8. The summed E-state index contributed by atoms with van der Waals surface area (Å²) in [6.45, 7) is 12.6. The number of rotatable bonds is 2. The van der Waals surface area contributed by atoms with E-state index in [0.717, 1.165) is 50.8 Å². The van der Waals surface area contributed by atoms with Crippen molar-refractivity contribution >= 4 is 5.97 Å². The predicted molar refractivity (Wildman–Crippen MR) is 108 cm³/mol. The van der Waals surface area contributed by atoms with E-state index in [1.165, 1.54) is 6.92 Å². The van der Waals surface area contributed by atoms with Crippen molar-refractivity contribution in [1.29, 1.82) is 0 Å². The van der Waals surface area contributed by atoms with Crippen molar-refractivity contribution in [2.24, 2.45) is 39.9 Å². The summed E-state index contributed by atoms with van der Waals surface area (Å²) in [4.78, 5) is 14.8. The van der Waals surface area contributed by atoms with Gasteiger partial charge in [0.15, 0.2) is 0 Å². The first kappa shape index (κ1) is 18.8. The van der Waals surface area contributed by atoms with Crippen molar-refractivity contribution in [3.8, 4) is 0 Å². The second kappa shape index (κ2) is 5.46. The van der Waals surface area contributed by atoms with E-state index < -0.39 is 12.2 Å². The average molecular weight is 402 g/mol. The number of aliphatic hydroxyl groups excluding tert-OH is 2. The van der Waals surface area contributed by atoms with Crippen LogP contribution >= 0.6 is 0 Å². The molecule has 2 spiro atoms. The first-order valence-corrected chi connectivity index (χ1v) is 11.7. The van der Waals surface area contributed by atoms with Gasteiger partial charge in [0.25, 0.3) is 0 Å². The molecular weight excluding hydrogens is 366 g/mol. The second-order valence-corrected chi connectivity index (χ2v) is 11.4. The van der Waals surface area contributed by atoms with Gasteiger partial charge >= 0.3 is 5.97 Å². The molecular formula is C24H35NO4. The standard InChI is InChI=1S/C24H35NO4/c1-5-25-11-22(4)7-6-19(29-13(3)26)24-17(22)8-15(20(24)25)23-10-14(12(2)21(23)28)16(27)9-18(23)24/h14-21,27-28H,2,5-11H2,1,3-4H3/t14-,15-,16-,17+,18+,19-,20?,21+,22-,23-,24-/m0/s1. The molecule has 0 aromatic carbocycles. The maximum atomic E-state index is 12.2. The summed E-state index contributed by atoms with van der Waals surface area (Å²) in [7, 11) is 0. The lowest BCUT2D eigenvalue weighted by Gasteiger charge is -2.65. The smallest absolute Gasteiger partial charge is 0.302 e. The molecule has 0 aromatic rings. The monoisotopic (exact) mass is 401 g/mol. The normalized spacial score (nSPS) is 59.7. The molecule has 6 rings (SSSR count). The zero-order chi connectivity index (χ0) is 20.5. The van der Waals surface area contributed by atoms with E-state index in [1.807, 2.05) is 0 Å². The van der Waals surface area contributed by atoms with Crippen LogP contribution in [0.2, 0.25) is 0 Å². The molecule has 2 N–H and O–H groups in total. The Morgan fingerprint density at radius 2 is 2.07 bits per heavy atom. The summed E-state index contributed by atoms with van der Waals surface area (Å²) < 4.78 is 6.11. The molecule has 5 aliphatic carbocycles. The zero-order valence-corrected chi connectivity index (χ0v) is 17.9. The lowest BCUT2D eigenvalue weighted by atomic mass is 9.43. The van der Waals surface area contributed by atoms with E-state index in [1.54, 1.807) is 0 Å². The highest BCUT2D eigenvalue weighted by Crippen LogP contribution is 2.83. The minimum Gasteiger partial charge on any atom is -0.462 e. The molecule has 0 amide bonds. The van der Waals surface area contributed by atoms with Crippen LogP contribution < -0.4 is 0 Å². The summed E-state index contributed by atoms with van der Waals surface area (Å²) in [6.07, 6.45) is 3.63. The maximum Gasteiger partial charge on any atom is 0.302 e. The number of hydrogen-bond donors (Lipinski definition) is 2. The Hall–Kier alpha value is -0.910. The average Bonchev–Trinajstić information content (AvgIpc) is 3.18. The number of esters is 1. The van der Waals surface area contributed by atoms with Crippen LogP contribution in [0.3, 0.4) is 0 Å². The highest BCUT2D eigenvalue weighted by atomic mass is 16.5. The van der Waals surface area contributed by atoms with Gasteiger partial charge in [-0.3, -0.25) is 9.69 Å². The summed E-state index contributed by atoms with van der Waals surface area (Å²) in [5.74, 6) is 0.937. The molecule has 1 aliphatic heterocycles. The maximum absolute atomic E-state index is 12.2. The summed E-state index contributed by atoms with van der Waals surface area (Å²) in [5, 5.41) is 22.6. The van der Waals surface area contributed by atoms with Crippen molar-refractivity contribution in [1.82, 2.24) is 4.90 Å². The summed E-state index contributed by atoms with van der Waals surface area (Å²) >= 11 is 0. The molecule has 1 unspecified atom stereocenters. The zero-order valence-electron chi connectivity index (χ0n) is 17.9. The first-order chi connectivity index (χ1) is 13.7. The van der Waals surface area contributed by atoms with Gasteiger partial charge in [-0.2, -0.15) is 0 Å². The summed E-state index contributed by atoms with van der Waals surface area (Å²) in [5.41, 5.74) is 0.734. The number of nitrogens with zero attached hydrogens (tertiary/aromatic N) is 1. The van der Waals surface area contributed by atoms with Crippen LogP contribution in [0.4, 0.5) is 0 Å². The fourth-order valence-electron chi connectivity index (χ4n) is 10.3. The van der Waals surface area contributed by atoms with Crippen LogP contribution in [-0.2, 0) is 9.53 Å². The van der Waals surface area contributed by atoms with Crippen LogP contribution in [0.5, 0.6) is 0 Å². The van der Waals surface area contributed by atoms with Crippen molar-refractivity contribution in [3.63, 3.8) is 0 Å². The van der Waals surface area contributed by atoms with Gasteiger partial charge in [0.1, 0.15) is 6.10 Å². The number of ether oxygens (including phenoxy) is 1. The Morgan fingerprint density at radius 1 is 1.31 bits per heavy atom. The molecule has 160 valence electrons.